The van der Waals surface area contributed by atoms with E-state index in [1.807, 2.05) is 0 Å². The molecule has 3 nitrogen and oxygen atoms in total. The monoisotopic (exact) mass is 254 g/mol. The average molecular weight is 254 g/mol. The highest BCUT2D eigenvalue weighted by atomic mass is 19.1. The fraction of sp³-hybridized carbons (Fsp3) is 0.571. The van der Waals surface area contributed by atoms with Crippen LogP contribution in [0, 0.1) is 11.7 Å². The van der Waals surface area contributed by atoms with Crippen LogP contribution < -0.4 is 0 Å². The van der Waals surface area contributed by atoms with E-state index in [1.165, 1.54) is 6.07 Å². The number of hydrogen-bond acceptors (Lipinski definition) is 3. The van der Waals surface area contributed by atoms with Crippen molar-refractivity contribution in [3.63, 3.8) is 0 Å². The molecule has 4 heteroatoms. The lowest BCUT2D eigenvalue weighted by Gasteiger charge is -2.22. The number of halogens is 1. The van der Waals surface area contributed by atoms with E-state index in [0.29, 0.717) is 18.1 Å². The average Bonchev–Trinajstić information content (AvgIpc) is 2.40. The summed E-state index contributed by atoms with van der Waals surface area (Å²) in [4.78, 5) is 0. The molecule has 1 atom stereocenters. The number of rotatable bonds is 5. The summed E-state index contributed by atoms with van der Waals surface area (Å²) in [7, 11) is 0. The van der Waals surface area contributed by atoms with Crippen molar-refractivity contribution >= 4 is 0 Å². The first-order valence-corrected chi connectivity index (χ1v) is 6.35. The minimum atomic E-state index is -0.897. The van der Waals surface area contributed by atoms with Gasteiger partial charge in [-0.25, -0.2) is 4.39 Å². The topological polar surface area (TPSA) is 38.7 Å². The molecular weight excluding hydrogens is 235 g/mol. The summed E-state index contributed by atoms with van der Waals surface area (Å²) in [6.07, 6.45) is 1.09. The Labute approximate surface area is 107 Å². The van der Waals surface area contributed by atoms with Crippen LogP contribution in [-0.2, 0) is 9.47 Å². The van der Waals surface area contributed by atoms with Crippen LogP contribution in [-0.4, -0.2) is 31.5 Å². The molecule has 1 aromatic carbocycles. The Kier molecular flexibility index (Phi) is 5.11. The Morgan fingerprint density at radius 3 is 2.78 bits per heavy atom. The molecule has 0 radical (unpaired) electrons. The van der Waals surface area contributed by atoms with Gasteiger partial charge in [0.25, 0.3) is 0 Å². The summed E-state index contributed by atoms with van der Waals surface area (Å²) in [5.41, 5.74) is 0.296. The highest BCUT2D eigenvalue weighted by molar-refractivity contribution is 5.19. The number of aliphatic hydroxyl groups is 1. The summed E-state index contributed by atoms with van der Waals surface area (Å²) in [5, 5.41) is 9.84. The fourth-order valence-electron chi connectivity index (χ4n) is 2.09. The third-order valence-corrected chi connectivity index (χ3v) is 3.23. The van der Waals surface area contributed by atoms with Gasteiger partial charge in [-0.1, -0.05) is 18.2 Å². The molecular formula is C14H19FO3. The van der Waals surface area contributed by atoms with Crippen LogP contribution in [0.4, 0.5) is 4.39 Å². The standard InChI is InChI=1S/C14H19FO3/c15-13-4-2-1-3-12(13)14(16)10-18-9-11-5-7-17-8-6-11/h1-4,11,14,16H,5-10H2. The van der Waals surface area contributed by atoms with E-state index in [0.717, 1.165) is 26.1 Å². The van der Waals surface area contributed by atoms with Crippen molar-refractivity contribution in [2.24, 2.45) is 5.92 Å². The van der Waals surface area contributed by atoms with E-state index in [4.69, 9.17) is 9.47 Å². The summed E-state index contributed by atoms with van der Waals surface area (Å²) >= 11 is 0. The Morgan fingerprint density at radius 2 is 2.06 bits per heavy atom. The highest BCUT2D eigenvalue weighted by Crippen LogP contribution is 2.19. The number of aliphatic hydroxyl groups excluding tert-OH is 1. The van der Waals surface area contributed by atoms with Gasteiger partial charge in [0.1, 0.15) is 11.9 Å². The van der Waals surface area contributed by atoms with E-state index in [9.17, 15) is 9.50 Å². The molecule has 0 aliphatic carbocycles. The first-order chi connectivity index (χ1) is 8.77. The van der Waals surface area contributed by atoms with Gasteiger partial charge in [-0.15, -0.1) is 0 Å². The van der Waals surface area contributed by atoms with Crippen LogP contribution in [0.5, 0.6) is 0 Å². The molecule has 1 unspecified atom stereocenters. The van der Waals surface area contributed by atoms with E-state index in [1.54, 1.807) is 18.2 Å². The van der Waals surface area contributed by atoms with Gasteiger partial charge >= 0.3 is 0 Å². The highest BCUT2D eigenvalue weighted by Gasteiger charge is 2.16. The Balaban J connectivity index is 1.74. The Morgan fingerprint density at radius 1 is 1.33 bits per heavy atom. The van der Waals surface area contributed by atoms with Crippen LogP contribution >= 0.6 is 0 Å². The van der Waals surface area contributed by atoms with E-state index in [2.05, 4.69) is 0 Å². The Hall–Kier alpha value is -0.970. The molecule has 18 heavy (non-hydrogen) atoms. The lowest BCUT2D eigenvalue weighted by molar-refractivity contribution is -0.0104. The largest absolute Gasteiger partial charge is 0.386 e. The molecule has 1 aliphatic heterocycles. The summed E-state index contributed by atoms with van der Waals surface area (Å²) in [6, 6.07) is 6.24. The second kappa shape index (κ2) is 6.83. The van der Waals surface area contributed by atoms with Gasteiger partial charge in [0.05, 0.1) is 6.61 Å². The lowest BCUT2D eigenvalue weighted by Crippen LogP contribution is -2.21. The van der Waals surface area contributed by atoms with Crippen LogP contribution in [0.15, 0.2) is 24.3 Å². The van der Waals surface area contributed by atoms with Crippen molar-refractivity contribution in [3.05, 3.63) is 35.6 Å². The molecule has 1 aliphatic rings. The Bertz CT molecular complexity index is 364. The zero-order valence-corrected chi connectivity index (χ0v) is 10.3. The maximum absolute atomic E-state index is 13.4. The molecule has 100 valence electrons. The first-order valence-electron chi connectivity index (χ1n) is 6.35. The zero-order valence-electron chi connectivity index (χ0n) is 10.3. The molecule has 1 N–H and O–H groups in total. The number of benzene rings is 1. The van der Waals surface area contributed by atoms with Gasteiger partial charge in [0, 0.05) is 25.4 Å². The number of hydrogen-bond donors (Lipinski definition) is 1. The second-order valence-corrected chi connectivity index (χ2v) is 4.63. The van der Waals surface area contributed by atoms with Crippen molar-refractivity contribution in [1.29, 1.82) is 0 Å². The van der Waals surface area contributed by atoms with Crippen LogP contribution in [0.25, 0.3) is 0 Å². The SMILES string of the molecule is OC(COCC1CCOCC1)c1ccccc1F. The minimum absolute atomic E-state index is 0.137. The first kappa shape index (κ1) is 13.5. The maximum Gasteiger partial charge on any atom is 0.129 e. The van der Waals surface area contributed by atoms with Gasteiger partial charge in [0.2, 0.25) is 0 Å². The van der Waals surface area contributed by atoms with Crippen molar-refractivity contribution in [1.82, 2.24) is 0 Å². The van der Waals surface area contributed by atoms with E-state index < -0.39 is 6.10 Å². The van der Waals surface area contributed by atoms with Gasteiger partial charge in [-0.05, 0) is 24.8 Å². The molecule has 0 saturated carbocycles. The molecule has 1 saturated heterocycles. The summed E-state index contributed by atoms with van der Waals surface area (Å²) < 4.78 is 24.1. The minimum Gasteiger partial charge on any atom is -0.386 e. The molecule has 0 amide bonds. The summed E-state index contributed by atoms with van der Waals surface area (Å²) in [5.74, 6) is 0.103. The van der Waals surface area contributed by atoms with Crippen molar-refractivity contribution < 1.29 is 19.0 Å². The quantitative estimate of drug-likeness (QED) is 0.876. The van der Waals surface area contributed by atoms with Gasteiger partial charge in [-0.3, -0.25) is 0 Å². The molecule has 2 rings (SSSR count). The van der Waals surface area contributed by atoms with Crippen LogP contribution in [0.3, 0.4) is 0 Å². The predicted molar refractivity (Wildman–Crippen MR) is 65.7 cm³/mol. The second-order valence-electron chi connectivity index (χ2n) is 4.63. The predicted octanol–water partition coefficient (Wildman–Crippen LogP) is 2.30. The third-order valence-electron chi connectivity index (χ3n) is 3.23. The van der Waals surface area contributed by atoms with E-state index in [-0.39, 0.29) is 12.4 Å². The molecule has 0 aromatic heterocycles. The zero-order chi connectivity index (χ0) is 12.8. The van der Waals surface area contributed by atoms with Gasteiger partial charge < -0.3 is 14.6 Å². The van der Waals surface area contributed by atoms with Crippen molar-refractivity contribution in [2.75, 3.05) is 26.4 Å². The third kappa shape index (κ3) is 3.77. The van der Waals surface area contributed by atoms with Crippen molar-refractivity contribution in [3.8, 4) is 0 Å². The molecule has 1 aromatic rings. The van der Waals surface area contributed by atoms with E-state index >= 15 is 0 Å². The molecule has 1 fully saturated rings. The maximum atomic E-state index is 13.4. The van der Waals surface area contributed by atoms with Gasteiger partial charge in [0.15, 0.2) is 0 Å². The molecule has 0 spiro atoms. The lowest BCUT2D eigenvalue weighted by atomic mass is 10.0. The van der Waals surface area contributed by atoms with Crippen molar-refractivity contribution in [2.45, 2.75) is 18.9 Å². The van der Waals surface area contributed by atoms with Crippen LogP contribution in [0.2, 0.25) is 0 Å². The molecule has 1 heterocycles. The van der Waals surface area contributed by atoms with Gasteiger partial charge in [-0.2, -0.15) is 0 Å². The summed E-state index contributed by atoms with van der Waals surface area (Å²) in [6.45, 7) is 2.31. The normalized spacial score (nSPS) is 18.8. The molecule has 0 bridgehead atoms. The van der Waals surface area contributed by atoms with Crippen LogP contribution in [0.1, 0.15) is 24.5 Å². The fourth-order valence-corrected chi connectivity index (χ4v) is 2.09. The smallest absolute Gasteiger partial charge is 0.129 e. The number of ether oxygens (including phenoxy) is 2.